The number of benzene rings is 3. The van der Waals surface area contributed by atoms with Crippen molar-refractivity contribution in [1.29, 1.82) is 0 Å². The van der Waals surface area contributed by atoms with Gasteiger partial charge in [0.25, 0.3) is 0 Å². The molecule has 0 atom stereocenters. The van der Waals surface area contributed by atoms with Gasteiger partial charge in [0.1, 0.15) is 0 Å². The molecule has 2 N–H and O–H groups in total. The Kier molecular flexibility index (Phi) is 2.99. The van der Waals surface area contributed by atoms with Crippen molar-refractivity contribution < 1.29 is 0 Å². The highest BCUT2D eigenvalue weighted by Crippen LogP contribution is 2.39. The minimum atomic E-state index is 0.580. The maximum atomic E-state index is 5.77. The first kappa shape index (κ1) is 12.6. The van der Waals surface area contributed by atoms with Crippen LogP contribution in [-0.4, -0.2) is 0 Å². The molecule has 3 aromatic carbocycles. The lowest BCUT2D eigenvalue weighted by Gasteiger charge is -2.05. The van der Waals surface area contributed by atoms with E-state index in [-0.39, 0.29) is 0 Å². The Balaban J connectivity index is 2.04. The van der Waals surface area contributed by atoms with Gasteiger partial charge in [0.15, 0.2) is 0 Å². The second kappa shape index (κ2) is 4.99. The Hall–Kier alpha value is -2.16. The fourth-order valence-electron chi connectivity index (χ4n) is 2.84. The Morgan fingerprint density at radius 2 is 1.62 bits per heavy atom. The average molecular weight is 289 g/mol. The first-order valence-corrected chi connectivity index (χ1v) is 7.88. The lowest BCUT2D eigenvalue weighted by Crippen LogP contribution is -1.95. The molecule has 0 unspecified atom stereocenters. The van der Waals surface area contributed by atoms with E-state index in [1.165, 1.54) is 36.9 Å². The van der Waals surface area contributed by atoms with Gasteiger partial charge in [-0.15, -0.1) is 11.3 Å². The van der Waals surface area contributed by atoms with Gasteiger partial charge in [0.05, 0.1) is 0 Å². The van der Waals surface area contributed by atoms with Crippen molar-refractivity contribution in [2.75, 3.05) is 0 Å². The second-order valence-electron chi connectivity index (χ2n) is 5.18. The molecule has 1 heterocycles. The van der Waals surface area contributed by atoms with Crippen molar-refractivity contribution in [3.8, 4) is 11.1 Å². The summed E-state index contributed by atoms with van der Waals surface area (Å²) < 4.78 is 2.70. The molecule has 0 aliphatic heterocycles. The highest BCUT2D eigenvalue weighted by atomic mass is 32.1. The van der Waals surface area contributed by atoms with Gasteiger partial charge in [-0.05, 0) is 28.8 Å². The summed E-state index contributed by atoms with van der Waals surface area (Å²) in [6.45, 7) is 0.580. The van der Waals surface area contributed by atoms with Crippen molar-refractivity contribution in [3.05, 3.63) is 72.3 Å². The lowest BCUT2D eigenvalue weighted by atomic mass is 10.0. The quantitative estimate of drug-likeness (QED) is 0.540. The zero-order valence-corrected chi connectivity index (χ0v) is 12.4. The van der Waals surface area contributed by atoms with Gasteiger partial charge >= 0.3 is 0 Å². The summed E-state index contributed by atoms with van der Waals surface area (Å²) in [5.41, 5.74) is 9.49. The van der Waals surface area contributed by atoms with E-state index in [1.807, 2.05) is 11.3 Å². The van der Waals surface area contributed by atoms with Crippen LogP contribution >= 0.6 is 11.3 Å². The van der Waals surface area contributed by atoms with Crippen molar-refractivity contribution in [3.63, 3.8) is 0 Å². The van der Waals surface area contributed by atoms with Crippen LogP contribution < -0.4 is 5.73 Å². The van der Waals surface area contributed by atoms with Crippen LogP contribution in [0.15, 0.2) is 66.7 Å². The summed E-state index contributed by atoms with van der Waals surface area (Å²) in [7, 11) is 0. The fourth-order valence-corrected chi connectivity index (χ4v) is 4.08. The smallest absolute Gasteiger partial charge is 0.0433 e. The molecule has 1 aromatic heterocycles. The number of rotatable bonds is 2. The van der Waals surface area contributed by atoms with Crippen LogP contribution in [0.5, 0.6) is 0 Å². The van der Waals surface area contributed by atoms with E-state index in [2.05, 4.69) is 66.7 Å². The highest BCUT2D eigenvalue weighted by Gasteiger charge is 2.09. The van der Waals surface area contributed by atoms with Crippen LogP contribution in [0.4, 0.5) is 0 Å². The van der Waals surface area contributed by atoms with Gasteiger partial charge in [-0.3, -0.25) is 0 Å². The third kappa shape index (κ3) is 2.04. The van der Waals surface area contributed by atoms with Crippen LogP contribution in [-0.2, 0) is 6.54 Å². The molecule has 0 fully saturated rings. The van der Waals surface area contributed by atoms with Gasteiger partial charge in [-0.2, -0.15) is 0 Å². The summed E-state index contributed by atoms with van der Waals surface area (Å²) in [4.78, 5) is 0. The molecule has 4 rings (SSSR count). The fraction of sp³-hybridized carbons (Fsp3) is 0.0526. The SMILES string of the molecule is NCc1cccc(-c2cccc3c2sc2ccccc23)c1. The molecule has 102 valence electrons. The largest absolute Gasteiger partial charge is 0.326 e. The summed E-state index contributed by atoms with van der Waals surface area (Å²) >= 11 is 1.87. The minimum absolute atomic E-state index is 0.580. The maximum Gasteiger partial charge on any atom is 0.0433 e. The number of thiophene rings is 1. The molecule has 0 bridgehead atoms. The van der Waals surface area contributed by atoms with Gasteiger partial charge in [-0.25, -0.2) is 0 Å². The predicted molar refractivity (Wildman–Crippen MR) is 92.7 cm³/mol. The molecule has 4 aromatic rings. The summed E-state index contributed by atoms with van der Waals surface area (Å²) in [6.07, 6.45) is 0. The molecule has 1 nitrogen and oxygen atoms in total. The topological polar surface area (TPSA) is 26.0 Å². The number of hydrogen-bond acceptors (Lipinski definition) is 2. The number of hydrogen-bond donors (Lipinski definition) is 1. The summed E-state index contributed by atoms with van der Waals surface area (Å²) in [5.74, 6) is 0. The van der Waals surface area contributed by atoms with E-state index < -0.39 is 0 Å². The zero-order chi connectivity index (χ0) is 14.2. The standard InChI is InChI=1S/C19H15NS/c20-12-13-5-3-6-14(11-13)15-8-4-9-17-16-7-1-2-10-18(16)21-19(15)17/h1-11H,12,20H2. The Labute approximate surface area is 127 Å². The Morgan fingerprint density at radius 3 is 2.52 bits per heavy atom. The van der Waals surface area contributed by atoms with Crippen molar-refractivity contribution in [2.45, 2.75) is 6.54 Å². The Bertz CT molecular complexity index is 937. The third-order valence-electron chi connectivity index (χ3n) is 3.88. The highest BCUT2D eigenvalue weighted by molar-refractivity contribution is 7.26. The van der Waals surface area contributed by atoms with E-state index >= 15 is 0 Å². The van der Waals surface area contributed by atoms with Gasteiger partial charge in [-0.1, -0.05) is 54.6 Å². The second-order valence-corrected chi connectivity index (χ2v) is 6.24. The van der Waals surface area contributed by atoms with Crippen molar-refractivity contribution in [1.82, 2.24) is 0 Å². The molecule has 0 aliphatic rings. The predicted octanol–water partition coefficient (Wildman–Crippen LogP) is 5.18. The maximum absolute atomic E-state index is 5.77. The molecule has 0 saturated heterocycles. The normalized spacial score (nSPS) is 11.3. The van der Waals surface area contributed by atoms with Gasteiger partial charge in [0.2, 0.25) is 0 Å². The van der Waals surface area contributed by atoms with Gasteiger partial charge in [0, 0.05) is 26.7 Å². The monoisotopic (exact) mass is 289 g/mol. The summed E-state index contributed by atoms with van der Waals surface area (Å²) in [6, 6.07) is 23.7. The van der Waals surface area contributed by atoms with E-state index in [0.29, 0.717) is 6.54 Å². The summed E-state index contributed by atoms with van der Waals surface area (Å²) in [5, 5.41) is 2.68. The molecule has 0 radical (unpaired) electrons. The molecule has 0 spiro atoms. The van der Waals surface area contributed by atoms with E-state index in [4.69, 9.17) is 5.73 Å². The van der Waals surface area contributed by atoms with E-state index in [0.717, 1.165) is 0 Å². The van der Waals surface area contributed by atoms with Crippen LogP contribution in [0.1, 0.15) is 5.56 Å². The third-order valence-corrected chi connectivity index (χ3v) is 5.10. The molecule has 0 aliphatic carbocycles. The van der Waals surface area contributed by atoms with Crippen LogP contribution in [0.2, 0.25) is 0 Å². The first-order valence-electron chi connectivity index (χ1n) is 7.06. The molecule has 0 saturated carbocycles. The van der Waals surface area contributed by atoms with Gasteiger partial charge < -0.3 is 5.73 Å². The van der Waals surface area contributed by atoms with Crippen molar-refractivity contribution in [2.24, 2.45) is 5.73 Å². The van der Waals surface area contributed by atoms with Crippen LogP contribution in [0.3, 0.4) is 0 Å². The molecule has 0 amide bonds. The molecule has 21 heavy (non-hydrogen) atoms. The van der Waals surface area contributed by atoms with Crippen molar-refractivity contribution >= 4 is 31.5 Å². The number of nitrogens with two attached hydrogens (primary N) is 1. The average Bonchev–Trinajstić information content (AvgIpc) is 2.93. The lowest BCUT2D eigenvalue weighted by molar-refractivity contribution is 1.07. The Morgan fingerprint density at radius 1 is 0.810 bits per heavy atom. The van der Waals surface area contributed by atoms with Crippen LogP contribution in [0, 0.1) is 0 Å². The minimum Gasteiger partial charge on any atom is -0.326 e. The van der Waals surface area contributed by atoms with E-state index in [1.54, 1.807) is 0 Å². The van der Waals surface area contributed by atoms with Crippen LogP contribution in [0.25, 0.3) is 31.3 Å². The first-order chi connectivity index (χ1) is 10.4. The molecular weight excluding hydrogens is 274 g/mol. The zero-order valence-electron chi connectivity index (χ0n) is 11.5. The molecule has 2 heteroatoms. The molecular formula is C19H15NS. The number of fused-ring (bicyclic) bond motifs is 3. The van der Waals surface area contributed by atoms with E-state index in [9.17, 15) is 0 Å².